The number of hydrogen-bond acceptors (Lipinski definition) is 3. The second kappa shape index (κ2) is 7.49. The number of rotatable bonds is 6. The Bertz CT molecular complexity index is 634. The highest BCUT2D eigenvalue weighted by Crippen LogP contribution is 2.40. The maximum atomic E-state index is 12.5. The summed E-state index contributed by atoms with van der Waals surface area (Å²) in [4.78, 5) is 16.1. The molecular weight excluding hydrogens is 335 g/mol. The quantitative estimate of drug-likeness (QED) is 0.819. The van der Waals surface area contributed by atoms with Gasteiger partial charge in [-0.1, -0.05) is 6.42 Å². The fourth-order valence-electron chi connectivity index (χ4n) is 2.88. The second-order valence-electron chi connectivity index (χ2n) is 6.78. The summed E-state index contributed by atoms with van der Waals surface area (Å²) in [5.41, 5.74) is 0.676. The van der Waals surface area contributed by atoms with Crippen LogP contribution in [0.2, 0.25) is 1.41 Å². The van der Waals surface area contributed by atoms with E-state index in [0.717, 1.165) is 12.8 Å². The Morgan fingerprint density at radius 2 is 2.16 bits per heavy atom. The molecule has 2 amide bonds. The van der Waals surface area contributed by atoms with E-state index in [1.54, 1.807) is 18.3 Å². The molecule has 8 heteroatoms. The Kier molecular flexibility index (Phi) is 4.94. The Morgan fingerprint density at radius 1 is 1.40 bits per heavy atom. The molecule has 0 aliphatic heterocycles. The van der Waals surface area contributed by atoms with Crippen LogP contribution in [-0.2, 0) is 6.54 Å². The lowest BCUT2D eigenvalue weighted by Crippen LogP contribution is -2.51. The first-order valence-corrected chi connectivity index (χ1v) is 8.52. The first kappa shape index (κ1) is 16.5. The smallest absolute Gasteiger partial charge is 0.391 e. The van der Waals surface area contributed by atoms with Crippen molar-refractivity contribution in [3.05, 3.63) is 23.9 Å². The summed E-state index contributed by atoms with van der Waals surface area (Å²) in [6, 6.07) is 2.12. The normalized spacial score (nSPS) is 23.9. The van der Waals surface area contributed by atoms with E-state index in [1.165, 1.54) is 6.42 Å². The van der Waals surface area contributed by atoms with Gasteiger partial charge in [-0.2, -0.15) is 13.2 Å². The van der Waals surface area contributed by atoms with Gasteiger partial charge in [-0.05, 0) is 43.2 Å². The molecule has 2 fully saturated rings. The molecular formula is C17H22F3N3O2. The minimum Gasteiger partial charge on any atom is -0.477 e. The molecule has 0 radical (unpaired) electrons. The third-order valence-electron chi connectivity index (χ3n) is 4.82. The molecule has 0 unspecified atom stereocenters. The number of nitrogens with zero attached hydrogens (tertiary/aromatic N) is 1. The monoisotopic (exact) mass is 358 g/mol. The number of alkyl halides is 3. The summed E-state index contributed by atoms with van der Waals surface area (Å²) >= 11 is 0. The van der Waals surface area contributed by atoms with Gasteiger partial charge in [-0.15, -0.1) is 0 Å². The van der Waals surface area contributed by atoms with E-state index >= 15 is 0 Å². The Labute approximate surface area is 145 Å². The largest absolute Gasteiger partial charge is 0.477 e. The topological polar surface area (TPSA) is 63.3 Å². The van der Waals surface area contributed by atoms with Crippen LogP contribution in [0.1, 0.15) is 37.7 Å². The Balaban J connectivity index is 1.43. The van der Waals surface area contributed by atoms with Crippen molar-refractivity contribution in [3.8, 4) is 5.88 Å². The lowest BCUT2D eigenvalue weighted by Gasteiger charge is -2.36. The van der Waals surface area contributed by atoms with Gasteiger partial charge in [0.1, 0.15) is 0 Å². The molecule has 0 spiro atoms. The van der Waals surface area contributed by atoms with Crippen molar-refractivity contribution < 1.29 is 24.1 Å². The van der Waals surface area contributed by atoms with Crippen LogP contribution in [0.4, 0.5) is 18.0 Å². The Morgan fingerprint density at radius 3 is 2.80 bits per heavy atom. The van der Waals surface area contributed by atoms with E-state index in [4.69, 9.17) is 6.15 Å². The van der Waals surface area contributed by atoms with Crippen LogP contribution < -0.4 is 15.4 Å². The highest BCUT2D eigenvalue weighted by atomic mass is 19.4. The zero-order valence-corrected chi connectivity index (χ0v) is 13.8. The van der Waals surface area contributed by atoms with Crippen molar-refractivity contribution in [3.63, 3.8) is 0 Å². The first-order chi connectivity index (χ1) is 12.3. The van der Waals surface area contributed by atoms with E-state index in [0.29, 0.717) is 29.3 Å². The number of halogens is 3. The highest BCUT2D eigenvalue weighted by molar-refractivity contribution is 5.74. The number of carbonyl (C=O) groups excluding carboxylic acids is 1. The SMILES string of the molecule is [2H]N(Cc1ccnc(OCC2CCC2)c1)C(=O)NC1CC(C(F)(F)F)C1. The number of pyridine rings is 1. The highest BCUT2D eigenvalue weighted by Gasteiger charge is 2.48. The predicted molar refractivity (Wildman–Crippen MR) is 85.0 cm³/mol. The number of hydrogen-bond donors (Lipinski definition) is 2. The summed E-state index contributed by atoms with van der Waals surface area (Å²) in [5.74, 6) is -0.334. The van der Waals surface area contributed by atoms with Gasteiger partial charge in [0.25, 0.3) is 0 Å². The van der Waals surface area contributed by atoms with E-state index < -0.39 is 24.2 Å². The molecule has 1 aromatic rings. The minimum atomic E-state index is -4.21. The molecule has 2 aliphatic carbocycles. The van der Waals surface area contributed by atoms with Gasteiger partial charge < -0.3 is 15.4 Å². The molecule has 1 aromatic heterocycles. The van der Waals surface area contributed by atoms with Gasteiger partial charge in [0.05, 0.1) is 12.5 Å². The lowest BCUT2D eigenvalue weighted by molar-refractivity contribution is -0.198. The summed E-state index contributed by atoms with van der Waals surface area (Å²) < 4.78 is 50.8. The van der Waals surface area contributed by atoms with Gasteiger partial charge in [0.15, 0.2) is 1.41 Å². The summed E-state index contributed by atoms with van der Waals surface area (Å²) in [5, 5.41) is 3.16. The zero-order valence-electron chi connectivity index (χ0n) is 14.8. The van der Waals surface area contributed by atoms with Crippen LogP contribution in [0, 0.1) is 11.8 Å². The van der Waals surface area contributed by atoms with Crippen molar-refractivity contribution in [1.82, 2.24) is 15.6 Å². The second-order valence-corrected chi connectivity index (χ2v) is 6.78. The number of amides is 2. The molecule has 0 aromatic carbocycles. The van der Waals surface area contributed by atoms with Crippen molar-refractivity contribution in [2.24, 2.45) is 11.8 Å². The molecule has 2 N–H and O–H groups in total. The van der Waals surface area contributed by atoms with Gasteiger partial charge >= 0.3 is 12.2 Å². The van der Waals surface area contributed by atoms with Gasteiger partial charge in [0.2, 0.25) is 5.88 Å². The van der Waals surface area contributed by atoms with Crippen molar-refractivity contribution >= 4 is 6.03 Å². The van der Waals surface area contributed by atoms with Crippen molar-refractivity contribution in [1.29, 1.82) is 0 Å². The minimum absolute atomic E-state index is 0.00353. The number of urea groups is 1. The van der Waals surface area contributed by atoms with Crippen molar-refractivity contribution in [2.75, 3.05) is 6.61 Å². The molecule has 5 nitrogen and oxygen atoms in total. The van der Waals surface area contributed by atoms with Crippen LogP contribution in [0.5, 0.6) is 5.88 Å². The van der Waals surface area contributed by atoms with Crippen LogP contribution in [0.25, 0.3) is 0 Å². The number of nitrogens with one attached hydrogen (secondary N) is 2. The molecule has 138 valence electrons. The standard InChI is InChI=1S/C17H22F3N3O2/c18-17(19,20)13-7-14(8-13)23-16(24)22-9-12-4-5-21-15(6-12)25-10-11-2-1-3-11/h4-6,11,13-14H,1-3,7-10H2,(H2,22,23,24)/i/hD. The lowest BCUT2D eigenvalue weighted by atomic mass is 9.80. The summed E-state index contributed by atoms with van der Waals surface area (Å²) in [7, 11) is 0. The van der Waals surface area contributed by atoms with Crippen LogP contribution in [0.3, 0.4) is 0 Å². The van der Waals surface area contributed by atoms with E-state index in [9.17, 15) is 18.0 Å². The number of carbonyl (C=O) groups is 1. The molecule has 2 aliphatic rings. The average Bonchev–Trinajstić information content (AvgIpc) is 2.47. The number of aromatic nitrogens is 1. The molecule has 1 heterocycles. The Hall–Kier alpha value is -1.99. The maximum Gasteiger partial charge on any atom is 0.391 e. The first-order valence-electron chi connectivity index (χ1n) is 8.97. The van der Waals surface area contributed by atoms with Crippen molar-refractivity contribution in [2.45, 2.75) is 50.9 Å². The predicted octanol–water partition coefficient (Wildman–Crippen LogP) is 3.40. The van der Waals surface area contributed by atoms with Crippen LogP contribution in [-0.4, -0.2) is 29.8 Å². The van der Waals surface area contributed by atoms with Crippen LogP contribution in [0.15, 0.2) is 18.3 Å². The van der Waals surface area contributed by atoms with Gasteiger partial charge in [-0.3, -0.25) is 0 Å². The molecule has 2 saturated carbocycles. The summed E-state index contributed by atoms with van der Waals surface area (Å²) in [6.07, 6.45) is 0.642. The maximum absolute atomic E-state index is 12.5. The zero-order chi connectivity index (χ0) is 18.7. The van der Waals surface area contributed by atoms with E-state index in [1.807, 2.05) is 0 Å². The van der Waals surface area contributed by atoms with E-state index in [2.05, 4.69) is 10.3 Å². The third kappa shape index (κ3) is 4.99. The molecule has 0 atom stereocenters. The molecule has 25 heavy (non-hydrogen) atoms. The molecule has 0 saturated heterocycles. The summed E-state index contributed by atoms with van der Waals surface area (Å²) in [6.45, 7) is 0.618. The van der Waals surface area contributed by atoms with Crippen LogP contribution >= 0.6 is 0 Å². The average molecular weight is 358 g/mol. The fourth-order valence-corrected chi connectivity index (χ4v) is 2.88. The molecule has 0 bridgehead atoms. The number of ether oxygens (including phenoxy) is 1. The fraction of sp³-hybridized carbons (Fsp3) is 0.647. The van der Waals surface area contributed by atoms with Gasteiger partial charge in [-0.25, -0.2) is 9.78 Å². The van der Waals surface area contributed by atoms with E-state index in [-0.39, 0.29) is 19.4 Å². The van der Waals surface area contributed by atoms with Gasteiger partial charge in [0, 0.05) is 24.8 Å². The third-order valence-corrected chi connectivity index (χ3v) is 4.82. The molecule has 3 rings (SSSR count).